The highest BCUT2D eigenvalue weighted by Gasteiger charge is 1.96. The lowest BCUT2D eigenvalue weighted by Crippen LogP contribution is -1.95. The maximum atomic E-state index is 10.8. The molecule has 60 valence electrons. The van der Waals surface area contributed by atoms with Gasteiger partial charge in [0.25, 0.3) is 0 Å². The van der Waals surface area contributed by atoms with Gasteiger partial charge in [0.05, 0.1) is 0 Å². The van der Waals surface area contributed by atoms with Crippen LogP contribution in [0.2, 0.25) is 0 Å². The molecule has 0 amide bonds. The molecular formula is C9H7NO2. The molecule has 0 aromatic carbocycles. The number of rotatable bonds is 0. The molecule has 0 aliphatic carbocycles. The van der Waals surface area contributed by atoms with E-state index in [2.05, 4.69) is 4.98 Å². The second kappa shape index (κ2) is 2.44. The van der Waals surface area contributed by atoms with Crippen LogP contribution in [0.15, 0.2) is 33.6 Å². The minimum Gasteiger partial charge on any atom is -0.404 e. The first-order chi connectivity index (χ1) is 5.75. The lowest BCUT2D eigenvalue weighted by molar-refractivity contribution is 0.549. The van der Waals surface area contributed by atoms with Gasteiger partial charge >= 0.3 is 5.63 Å². The van der Waals surface area contributed by atoms with Crippen molar-refractivity contribution in [3.8, 4) is 0 Å². The quantitative estimate of drug-likeness (QED) is 0.588. The predicted molar refractivity (Wildman–Crippen MR) is 45.0 cm³/mol. The van der Waals surface area contributed by atoms with Gasteiger partial charge in [-0.15, -0.1) is 0 Å². The topological polar surface area (TPSA) is 43.1 Å². The van der Waals surface area contributed by atoms with E-state index in [1.807, 2.05) is 13.0 Å². The third-order valence-electron chi connectivity index (χ3n) is 1.61. The molecule has 3 nitrogen and oxygen atoms in total. The summed E-state index contributed by atoms with van der Waals surface area (Å²) in [5.41, 5.74) is 1.09. The summed E-state index contributed by atoms with van der Waals surface area (Å²) in [6.45, 7) is 1.94. The van der Waals surface area contributed by atoms with Crippen LogP contribution in [-0.2, 0) is 0 Å². The molecule has 2 heterocycles. The number of pyridine rings is 1. The standard InChI is InChI=1S/C9H7NO2/c1-6-4-7-2-3-8(11)12-9(7)10-5-6/h2-5H,1H3. The summed E-state index contributed by atoms with van der Waals surface area (Å²) in [6, 6.07) is 5.02. The Balaban J connectivity index is 2.87. The number of nitrogens with zero attached hydrogens (tertiary/aromatic N) is 1. The molecule has 2 aromatic rings. The molecule has 0 saturated heterocycles. The van der Waals surface area contributed by atoms with Gasteiger partial charge in [-0.25, -0.2) is 9.78 Å². The zero-order valence-electron chi connectivity index (χ0n) is 6.57. The summed E-state index contributed by atoms with van der Waals surface area (Å²) >= 11 is 0. The third kappa shape index (κ3) is 1.09. The Bertz CT molecular complexity index is 473. The molecule has 0 bridgehead atoms. The van der Waals surface area contributed by atoms with Crippen molar-refractivity contribution in [3.63, 3.8) is 0 Å². The van der Waals surface area contributed by atoms with E-state index in [0.717, 1.165) is 10.9 Å². The van der Waals surface area contributed by atoms with Crippen LogP contribution in [0, 0.1) is 6.92 Å². The van der Waals surface area contributed by atoms with Crippen molar-refractivity contribution in [3.05, 3.63) is 40.4 Å². The molecule has 0 aliphatic heterocycles. The van der Waals surface area contributed by atoms with Crippen LogP contribution in [-0.4, -0.2) is 4.98 Å². The highest BCUT2D eigenvalue weighted by atomic mass is 16.4. The number of aromatic nitrogens is 1. The maximum Gasteiger partial charge on any atom is 0.337 e. The first kappa shape index (κ1) is 7.03. The van der Waals surface area contributed by atoms with E-state index in [1.54, 1.807) is 12.3 Å². The van der Waals surface area contributed by atoms with E-state index in [0.29, 0.717) is 5.71 Å². The first-order valence-corrected chi connectivity index (χ1v) is 3.62. The van der Waals surface area contributed by atoms with Crippen LogP contribution in [0.5, 0.6) is 0 Å². The first-order valence-electron chi connectivity index (χ1n) is 3.62. The largest absolute Gasteiger partial charge is 0.404 e. The van der Waals surface area contributed by atoms with E-state index in [4.69, 9.17) is 4.42 Å². The van der Waals surface area contributed by atoms with Crippen LogP contribution >= 0.6 is 0 Å². The summed E-state index contributed by atoms with van der Waals surface area (Å²) < 4.78 is 4.85. The normalized spacial score (nSPS) is 10.4. The van der Waals surface area contributed by atoms with Crippen molar-refractivity contribution in [2.75, 3.05) is 0 Å². The molecule has 0 aliphatic rings. The van der Waals surface area contributed by atoms with Crippen molar-refractivity contribution in [2.24, 2.45) is 0 Å². The molecule has 12 heavy (non-hydrogen) atoms. The van der Waals surface area contributed by atoms with Gasteiger partial charge in [-0.05, 0) is 24.6 Å². The van der Waals surface area contributed by atoms with Crippen molar-refractivity contribution >= 4 is 11.1 Å². The summed E-state index contributed by atoms with van der Waals surface area (Å²) in [6.07, 6.45) is 1.67. The highest BCUT2D eigenvalue weighted by Crippen LogP contribution is 2.09. The average Bonchev–Trinajstić information content (AvgIpc) is 2.05. The summed E-state index contributed by atoms with van der Waals surface area (Å²) in [5.74, 6) is 0. The van der Waals surface area contributed by atoms with E-state index in [1.165, 1.54) is 6.07 Å². The molecule has 3 heteroatoms. The Morgan fingerprint density at radius 3 is 3.08 bits per heavy atom. The second-order valence-corrected chi connectivity index (χ2v) is 2.66. The van der Waals surface area contributed by atoms with Crippen molar-refractivity contribution < 1.29 is 4.42 Å². The minimum absolute atomic E-state index is 0.362. The molecule has 0 unspecified atom stereocenters. The Morgan fingerprint density at radius 2 is 2.25 bits per heavy atom. The minimum atomic E-state index is -0.362. The lowest BCUT2D eigenvalue weighted by Gasteiger charge is -1.94. The Kier molecular flexibility index (Phi) is 1.43. The van der Waals surface area contributed by atoms with E-state index in [-0.39, 0.29) is 5.63 Å². The zero-order valence-corrected chi connectivity index (χ0v) is 6.57. The van der Waals surface area contributed by atoms with Gasteiger partial charge in [-0.1, -0.05) is 0 Å². The Morgan fingerprint density at radius 1 is 1.42 bits per heavy atom. The van der Waals surface area contributed by atoms with Crippen LogP contribution in [0.1, 0.15) is 5.56 Å². The van der Waals surface area contributed by atoms with Crippen LogP contribution < -0.4 is 5.63 Å². The smallest absolute Gasteiger partial charge is 0.337 e. The molecule has 0 saturated carbocycles. The van der Waals surface area contributed by atoms with Gasteiger partial charge in [-0.3, -0.25) is 0 Å². The second-order valence-electron chi connectivity index (χ2n) is 2.66. The van der Waals surface area contributed by atoms with Gasteiger partial charge in [0, 0.05) is 17.6 Å². The van der Waals surface area contributed by atoms with Gasteiger partial charge in [0.15, 0.2) is 0 Å². The van der Waals surface area contributed by atoms with Crippen LogP contribution in [0.3, 0.4) is 0 Å². The molecule has 0 atom stereocenters. The summed E-state index contributed by atoms with van der Waals surface area (Å²) in [7, 11) is 0. The molecule has 2 rings (SSSR count). The number of aryl methyl sites for hydroxylation is 1. The average molecular weight is 161 g/mol. The van der Waals surface area contributed by atoms with Crippen molar-refractivity contribution in [2.45, 2.75) is 6.92 Å². The van der Waals surface area contributed by atoms with Gasteiger partial charge < -0.3 is 4.42 Å². The van der Waals surface area contributed by atoms with E-state index < -0.39 is 0 Å². The number of hydrogen-bond acceptors (Lipinski definition) is 3. The van der Waals surface area contributed by atoms with E-state index in [9.17, 15) is 4.79 Å². The summed E-state index contributed by atoms with van der Waals surface area (Å²) in [4.78, 5) is 14.7. The predicted octanol–water partition coefficient (Wildman–Crippen LogP) is 1.50. The van der Waals surface area contributed by atoms with Gasteiger partial charge in [0.2, 0.25) is 5.71 Å². The summed E-state index contributed by atoms with van der Waals surface area (Å²) in [5, 5.41) is 0.856. The maximum absolute atomic E-state index is 10.8. The van der Waals surface area contributed by atoms with Crippen molar-refractivity contribution in [1.82, 2.24) is 4.98 Å². The fourth-order valence-electron chi connectivity index (χ4n) is 1.07. The van der Waals surface area contributed by atoms with Gasteiger partial charge in [0.1, 0.15) is 0 Å². The SMILES string of the molecule is Cc1cnc2oc(=O)ccc2c1. The molecular weight excluding hydrogens is 154 g/mol. The van der Waals surface area contributed by atoms with Crippen molar-refractivity contribution in [1.29, 1.82) is 0 Å². The Labute approximate surface area is 68.7 Å². The highest BCUT2D eigenvalue weighted by molar-refractivity contribution is 5.72. The fraction of sp³-hybridized carbons (Fsp3) is 0.111. The van der Waals surface area contributed by atoms with E-state index >= 15 is 0 Å². The zero-order chi connectivity index (χ0) is 8.55. The third-order valence-corrected chi connectivity index (χ3v) is 1.61. The van der Waals surface area contributed by atoms with Crippen LogP contribution in [0.4, 0.5) is 0 Å². The monoisotopic (exact) mass is 161 g/mol. The van der Waals surface area contributed by atoms with Gasteiger partial charge in [-0.2, -0.15) is 0 Å². The molecule has 0 N–H and O–H groups in total. The molecule has 0 radical (unpaired) electrons. The van der Waals surface area contributed by atoms with Crippen LogP contribution in [0.25, 0.3) is 11.1 Å². The number of hydrogen-bond donors (Lipinski definition) is 0. The number of fused-ring (bicyclic) bond motifs is 1. The Hall–Kier alpha value is -1.64. The fourth-order valence-corrected chi connectivity index (χ4v) is 1.07. The molecule has 0 spiro atoms. The molecule has 2 aromatic heterocycles. The lowest BCUT2D eigenvalue weighted by atomic mass is 10.2. The molecule has 0 fully saturated rings.